The zero-order valence-electron chi connectivity index (χ0n) is 16.9. The number of ether oxygens (including phenoxy) is 1. The minimum absolute atomic E-state index is 0.0297. The van der Waals surface area contributed by atoms with Crippen LogP contribution in [0.5, 0.6) is 5.88 Å². The van der Waals surface area contributed by atoms with Crippen molar-refractivity contribution >= 4 is 33.2 Å². The van der Waals surface area contributed by atoms with Crippen LogP contribution in [0.2, 0.25) is 5.02 Å². The molecule has 1 aromatic carbocycles. The van der Waals surface area contributed by atoms with Crippen LogP contribution in [-0.2, 0) is 22.9 Å². The predicted octanol–water partition coefficient (Wildman–Crippen LogP) is 2.69. The van der Waals surface area contributed by atoms with Crippen LogP contribution in [-0.4, -0.2) is 43.7 Å². The summed E-state index contributed by atoms with van der Waals surface area (Å²) >= 11 is 5.82. The summed E-state index contributed by atoms with van der Waals surface area (Å²) in [5.74, 6) is -2.57. The van der Waals surface area contributed by atoms with Gasteiger partial charge in [-0.1, -0.05) is 11.6 Å². The first-order valence-electron chi connectivity index (χ1n) is 9.12. The fraction of sp³-hybridized carbons (Fsp3) is 0.211. The highest BCUT2D eigenvalue weighted by Gasteiger charge is 2.24. The molecule has 3 N–H and O–H groups in total. The maximum atomic E-state index is 15.0. The van der Waals surface area contributed by atoms with E-state index in [1.807, 2.05) is 0 Å². The number of rotatable bonds is 8. The van der Waals surface area contributed by atoms with Crippen molar-refractivity contribution in [3.8, 4) is 5.88 Å². The van der Waals surface area contributed by atoms with E-state index in [2.05, 4.69) is 25.2 Å². The van der Waals surface area contributed by atoms with Crippen LogP contribution < -0.4 is 14.8 Å². The highest BCUT2D eigenvalue weighted by molar-refractivity contribution is 7.92. The van der Waals surface area contributed by atoms with Gasteiger partial charge in [0.2, 0.25) is 5.88 Å². The van der Waals surface area contributed by atoms with E-state index < -0.39 is 38.1 Å². The van der Waals surface area contributed by atoms with Crippen molar-refractivity contribution in [2.45, 2.75) is 17.7 Å². The third-order valence-corrected chi connectivity index (χ3v) is 6.00. The van der Waals surface area contributed by atoms with Gasteiger partial charge in [0.1, 0.15) is 11.5 Å². The molecule has 0 unspecified atom stereocenters. The molecule has 0 fully saturated rings. The van der Waals surface area contributed by atoms with Crippen LogP contribution in [0, 0.1) is 11.6 Å². The molecule has 0 saturated carbocycles. The molecule has 0 atom stereocenters. The Kier molecular flexibility index (Phi) is 6.94. The summed E-state index contributed by atoms with van der Waals surface area (Å²) in [5, 5.41) is 8.89. The Bertz CT molecular complexity index is 1270. The highest BCUT2D eigenvalue weighted by Crippen LogP contribution is 2.29. The number of sulfonamides is 1. The normalized spacial score (nSPS) is 11.3. The molecular weight excluding hydrogens is 468 g/mol. The lowest BCUT2D eigenvalue weighted by Crippen LogP contribution is -2.18. The minimum atomic E-state index is -4.35. The third-order valence-electron chi connectivity index (χ3n) is 4.43. The van der Waals surface area contributed by atoms with E-state index in [1.54, 1.807) is 0 Å². The molecule has 0 saturated heterocycles. The lowest BCUT2D eigenvalue weighted by molar-refractivity contribution is 0.0958. The van der Waals surface area contributed by atoms with Crippen LogP contribution in [0.3, 0.4) is 0 Å². The Hall–Kier alpha value is -3.25. The molecule has 9 nitrogen and oxygen atoms in total. The molecule has 13 heteroatoms. The topological polar surface area (TPSA) is 126 Å². The molecule has 0 radical (unpaired) electrons. The van der Waals surface area contributed by atoms with Gasteiger partial charge in [0.15, 0.2) is 10.7 Å². The van der Waals surface area contributed by atoms with E-state index in [0.717, 1.165) is 18.2 Å². The molecule has 0 aliphatic carbocycles. The van der Waals surface area contributed by atoms with Crippen molar-refractivity contribution in [2.24, 2.45) is 0 Å². The van der Waals surface area contributed by atoms with E-state index in [-0.39, 0.29) is 35.0 Å². The van der Waals surface area contributed by atoms with Crippen LogP contribution in [0.25, 0.3) is 0 Å². The first-order valence-corrected chi connectivity index (χ1v) is 11.0. The van der Waals surface area contributed by atoms with Crippen molar-refractivity contribution in [3.05, 3.63) is 64.1 Å². The molecule has 0 aliphatic heterocycles. The fourth-order valence-corrected chi connectivity index (χ4v) is 4.28. The van der Waals surface area contributed by atoms with E-state index in [1.165, 1.54) is 26.4 Å². The molecule has 2 aromatic heterocycles. The van der Waals surface area contributed by atoms with Gasteiger partial charge in [-0.15, -0.1) is 0 Å². The van der Waals surface area contributed by atoms with Gasteiger partial charge in [0.05, 0.1) is 17.8 Å². The number of anilines is 1. The second-order valence-electron chi connectivity index (χ2n) is 6.51. The van der Waals surface area contributed by atoms with Gasteiger partial charge in [-0.25, -0.2) is 22.2 Å². The molecular formula is C19H18ClF2N5O4S. The zero-order valence-corrected chi connectivity index (χ0v) is 18.4. The van der Waals surface area contributed by atoms with Crippen molar-refractivity contribution in [1.82, 2.24) is 20.5 Å². The fourth-order valence-electron chi connectivity index (χ4n) is 2.85. The number of amides is 1. The molecule has 3 rings (SSSR count). The van der Waals surface area contributed by atoms with Crippen LogP contribution in [0.15, 0.2) is 35.4 Å². The monoisotopic (exact) mass is 485 g/mol. The Labute approximate surface area is 187 Å². The Balaban J connectivity index is 1.86. The number of halogens is 3. The standard InChI is InChI=1S/C19H18ClF2N5O4S/c1-23-18(28)15-8-11(25-26-15)3-4-12-13(21)5-6-14(17(12)22)27-32(29,30)16-7-10(20)9-24-19(16)31-2/h5-9,27H,3-4H2,1-2H3,(H,23,28)(H,25,26). The van der Waals surface area contributed by atoms with Crippen molar-refractivity contribution in [2.75, 3.05) is 18.9 Å². The van der Waals surface area contributed by atoms with Gasteiger partial charge < -0.3 is 10.1 Å². The molecule has 2 heterocycles. The average molecular weight is 486 g/mol. The zero-order chi connectivity index (χ0) is 23.5. The first kappa shape index (κ1) is 23.4. The number of aromatic nitrogens is 3. The summed E-state index contributed by atoms with van der Waals surface area (Å²) in [4.78, 5) is 14.9. The molecule has 0 bridgehead atoms. The Morgan fingerprint density at radius 3 is 2.69 bits per heavy atom. The van der Waals surface area contributed by atoms with Gasteiger partial charge in [-0.2, -0.15) is 5.10 Å². The predicted molar refractivity (Wildman–Crippen MR) is 112 cm³/mol. The number of nitrogens with zero attached hydrogens (tertiary/aromatic N) is 2. The summed E-state index contributed by atoms with van der Waals surface area (Å²) < 4.78 is 61.8. The first-order chi connectivity index (χ1) is 15.2. The number of hydrogen-bond acceptors (Lipinski definition) is 6. The summed E-state index contributed by atoms with van der Waals surface area (Å²) in [5.41, 5.74) is -0.186. The lowest BCUT2D eigenvalue weighted by atomic mass is 10.1. The second-order valence-corrected chi connectivity index (χ2v) is 8.60. The van der Waals surface area contributed by atoms with Gasteiger partial charge in [-0.3, -0.25) is 14.6 Å². The smallest absolute Gasteiger partial charge is 0.271 e. The van der Waals surface area contributed by atoms with E-state index in [4.69, 9.17) is 16.3 Å². The number of aryl methyl sites for hydroxylation is 1. The molecule has 3 aromatic rings. The largest absolute Gasteiger partial charge is 0.480 e. The number of benzene rings is 1. The Morgan fingerprint density at radius 1 is 1.25 bits per heavy atom. The number of hydrogen-bond donors (Lipinski definition) is 3. The second kappa shape index (κ2) is 9.49. The molecule has 170 valence electrons. The number of aromatic amines is 1. The average Bonchev–Trinajstić information content (AvgIpc) is 3.24. The Morgan fingerprint density at radius 2 is 2.00 bits per heavy atom. The number of H-pyrrole nitrogens is 1. The maximum Gasteiger partial charge on any atom is 0.271 e. The quantitative estimate of drug-likeness (QED) is 0.450. The molecule has 32 heavy (non-hydrogen) atoms. The van der Waals surface area contributed by atoms with Gasteiger partial charge in [-0.05, 0) is 37.1 Å². The van der Waals surface area contributed by atoms with Gasteiger partial charge >= 0.3 is 0 Å². The van der Waals surface area contributed by atoms with Crippen molar-refractivity contribution < 1.29 is 26.7 Å². The van der Waals surface area contributed by atoms with Crippen LogP contribution in [0.1, 0.15) is 21.7 Å². The summed E-state index contributed by atoms with van der Waals surface area (Å²) in [6, 6.07) is 4.47. The summed E-state index contributed by atoms with van der Waals surface area (Å²) in [6.07, 6.45) is 1.20. The number of nitrogens with one attached hydrogen (secondary N) is 3. The summed E-state index contributed by atoms with van der Waals surface area (Å²) in [7, 11) is -1.69. The van der Waals surface area contributed by atoms with Crippen LogP contribution >= 0.6 is 11.6 Å². The minimum Gasteiger partial charge on any atom is -0.480 e. The van der Waals surface area contributed by atoms with Gasteiger partial charge in [0.25, 0.3) is 15.9 Å². The number of pyridine rings is 1. The van der Waals surface area contributed by atoms with E-state index in [9.17, 15) is 17.6 Å². The van der Waals surface area contributed by atoms with Crippen molar-refractivity contribution in [3.63, 3.8) is 0 Å². The number of carbonyl (C=O) groups is 1. The third kappa shape index (κ3) is 4.97. The maximum absolute atomic E-state index is 15.0. The van der Waals surface area contributed by atoms with Crippen molar-refractivity contribution in [1.29, 1.82) is 0 Å². The molecule has 0 aliphatic rings. The number of carbonyl (C=O) groups excluding carboxylic acids is 1. The van der Waals surface area contributed by atoms with E-state index >= 15 is 4.39 Å². The highest BCUT2D eigenvalue weighted by atomic mass is 35.5. The molecule has 1 amide bonds. The molecule has 0 spiro atoms. The summed E-state index contributed by atoms with van der Waals surface area (Å²) in [6.45, 7) is 0. The lowest BCUT2D eigenvalue weighted by Gasteiger charge is -2.13. The SMILES string of the molecule is CNC(=O)c1cc(CCc2c(F)ccc(NS(=O)(=O)c3cc(Cl)cnc3OC)c2F)[nH]n1. The number of methoxy groups -OCH3 is 1. The van der Waals surface area contributed by atoms with Gasteiger partial charge in [0, 0.05) is 24.5 Å². The van der Waals surface area contributed by atoms with Crippen LogP contribution in [0.4, 0.5) is 14.5 Å². The van der Waals surface area contributed by atoms with E-state index in [0.29, 0.717) is 5.69 Å².